The molecule has 1 rings (SSSR count). The van der Waals surface area contributed by atoms with Gasteiger partial charge in [-0.3, -0.25) is 0 Å². The Bertz CT molecular complexity index is 153. The molecule has 3 heteroatoms. The molecule has 1 unspecified atom stereocenters. The second-order valence-corrected chi connectivity index (χ2v) is 4.56. The highest BCUT2D eigenvalue weighted by Crippen LogP contribution is 2.14. The number of aliphatic hydroxyl groups is 1. The van der Waals surface area contributed by atoms with Crippen molar-refractivity contribution in [2.45, 2.75) is 38.3 Å². The first-order valence-corrected chi connectivity index (χ1v) is 5.70. The highest BCUT2D eigenvalue weighted by Gasteiger charge is 2.21. The molecule has 0 amide bonds. The van der Waals surface area contributed by atoms with E-state index in [4.69, 9.17) is 0 Å². The third kappa shape index (κ3) is 3.56. The summed E-state index contributed by atoms with van der Waals surface area (Å²) in [4.78, 5) is 4.70. The molecule has 0 bridgehead atoms. The second kappa shape index (κ2) is 5.69. The van der Waals surface area contributed by atoms with Crippen molar-refractivity contribution in [3.05, 3.63) is 0 Å². The average molecular weight is 200 g/mol. The standard InChI is InChI=1S/C11H24N2O/c1-4-11(14)9-13-7-5-10(6-8-13)12(2)3/h10-11,14H,4-9H2,1-3H3. The molecule has 1 atom stereocenters. The number of β-amino-alcohol motifs (C(OH)–C–C–N with tert-alkyl or cyclic N) is 1. The van der Waals surface area contributed by atoms with Gasteiger partial charge in [0.25, 0.3) is 0 Å². The lowest BCUT2D eigenvalue weighted by molar-refractivity contribution is 0.0780. The molecule has 84 valence electrons. The van der Waals surface area contributed by atoms with E-state index in [9.17, 15) is 5.11 Å². The summed E-state index contributed by atoms with van der Waals surface area (Å²) in [7, 11) is 4.31. The summed E-state index contributed by atoms with van der Waals surface area (Å²) in [6.07, 6.45) is 3.21. The van der Waals surface area contributed by atoms with E-state index >= 15 is 0 Å². The van der Waals surface area contributed by atoms with Crippen molar-refractivity contribution < 1.29 is 5.11 Å². The molecule has 1 heterocycles. The summed E-state index contributed by atoms with van der Waals surface area (Å²) >= 11 is 0. The van der Waals surface area contributed by atoms with E-state index in [0.717, 1.165) is 32.1 Å². The summed E-state index contributed by atoms with van der Waals surface area (Å²) in [5.74, 6) is 0. The van der Waals surface area contributed by atoms with Gasteiger partial charge < -0.3 is 14.9 Å². The molecular weight excluding hydrogens is 176 g/mol. The molecule has 0 aliphatic carbocycles. The Balaban J connectivity index is 2.22. The molecule has 0 aromatic heterocycles. The van der Waals surface area contributed by atoms with Gasteiger partial charge in [-0.05, 0) is 46.4 Å². The van der Waals surface area contributed by atoms with Crippen LogP contribution in [0.25, 0.3) is 0 Å². The SMILES string of the molecule is CCC(O)CN1CCC(N(C)C)CC1. The number of nitrogens with zero attached hydrogens (tertiary/aromatic N) is 2. The first-order chi connectivity index (χ1) is 6.63. The van der Waals surface area contributed by atoms with Gasteiger partial charge in [0.1, 0.15) is 0 Å². The highest BCUT2D eigenvalue weighted by molar-refractivity contribution is 4.77. The van der Waals surface area contributed by atoms with Crippen LogP contribution in [0.2, 0.25) is 0 Å². The number of likely N-dealkylation sites (tertiary alicyclic amines) is 1. The quantitative estimate of drug-likeness (QED) is 0.726. The van der Waals surface area contributed by atoms with E-state index in [2.05, 4.69) is 23.9 Å². The zero-order valence-electron chi connectivity index (χ0n) is 9.74. The van der Waals surface area contributed by atoms with E-state index in [1.807, 2.05) is 6.92 Å². The van der Waals surface area contributed by atoms with Crippen LogP contribution in [0.3, 0.4) is 0 Å². The molecule has 0 radical (unpaired) electrons. The third-order valence-electron chi connectivity index (χ3n) is 3.23. The monoisotopic (exact) mass is 200 g/mol. The second-order valence-electron chi connectivity index (χ2n) is 4.56. The lowest BCUT2D eigenvalue weighted by Gasteiger charge is -2.35. The summed E-state index contributed by atoms with van der Waals surface area (Å²) in [6, 6.07) is 0.741. The number of hydrogen-bond acceptors (Lipinski definition) is 3. The molecule has 0 spiro atoms. The minimum absolute atomic E-state index is 0.133. The largest absolute Gasteiger partial charge is 0.392 e. The molecule has 1 N–H and O–H groups in total. The highest BCUT2D eigenvalue weighted by atomic mass is 16.3. The predicted octanol–water partition coefficient (Wildman–Crippen LogP) is 0.783. The molecule has 1 aliphatic rings. The van der Waals surface area contributed by atoms with Crippen LogP contribution in [0.15, 0.2) is 0 Å². The fraction of sp³-hybridized carbons (Fsp3) is 1.00. The Morgan fingerprint density at radius 3 is 2.36 bits per heavy atom. The molecule has 3 nitrogen and oxygen atoms in total. The Hall–Kier alpha value is -0.120. The van der Waals surface area contributed by atoms with Crippen molar-refractivity contribution in [2.75, 3.05) is 33.7 Å². The van der Waals surface area contributed by atoms with Gasteiger partial charge in [0.2, 0.25) is 0 Å². The molecule has 1 fully saturated rings. The number of rotatable bonds is 4. The fourth-order valence-electron chi connectivity index (χ4n) is 2.05. The summed E-state index contributed by atoms with van der Waals surface area (Å²) < 4.78 is 0. The molecule has 0 saturated carbocycles. The van der Waals surface area contributed by atoms with Gasteiger partial charge in [0.05, 0.1) is 6.10 Å². The van der Waals surface area contributed by atoms with E-state index in [0.29, 0.717) is 0 Å². The van der Waals surface area contributed by atoms with Crippen molar-refractivity contribution >= 4 is 0 Å². The van der Waals surface area contributed by atoms with Crippen LogP contribution in [-0.2, 0) is 0 Å². The van der Waals surface area contributed by atoms with E-state index in [1.54, 1.807) is 0 Å². The predicted molar refractivity (Wildman–Crippen MR) is 59.4 cm³/mol. The van der Waals surface area contributed by atoms with Crippen LogP contribution in [0.1, 0.15) is 26.2 Å². The van der Waals surface area contributed by atoms with Crippen LogP contribution >= 0.6 is 0 Å². The van der Waals surface area contributed by atoms with Crippen molar-refractivity contribution in [3.63, 3.8) is 0 Å². The summed E-state index contributed by atoms with van der Waals surface area (Å²) in [5, 5.41) is 9.53. The summed E-state index contributed by atoms with van der Waals surface area (Å²) in [6.45, 7) is 5.17. The van der Waals surface area contributed by atoms with Crippen molar-refractivity contribution in [1.29, 1.82) is 0 Å². The maximum absolute atomic E-state index is 9.53. The van der Waals surface area contributed by atoms with Crippen LogP contribution in [-0.4, -0.2) is 60.8 Å². The first-order valence-electron chi connectivity index (χ1n) is 5.70. The average Bonchev–Trinajstić information content (AvgIpc) is 2.18. The molecule has 14 heavy (non-hydrogen) atoms. The third-order valence-corrected chi connectivity index (χ3v) is 3.23. The maximum Gasteiger partial charge on any atom is 0.0664 e. The van der Waals surface area contributed by atoms with E-state index in [1.165, 1.54) is 12.8 Å². The van der Waals surface area contributed by atoms with Crippen LogP contribution in [0, 0.1) is 0 Å². The van der Waals surface area contributed by atoms with Crippen molar-refractivity contribution in [2.24, 2.45) is 0 Å². The smallest absolute Gasteiger partial charge is 0.0664 e. The van der Waals surface area contributed by atoms with Crippen LogP contribution in [0.5, 0.6) is 0 Å². The number of piperidine rings is 1. The number of hydrogen-bond donors (Lipinski definition) is 1. The van der Waals surface area contributed by atoms with E-state index in [-0.39, 0.29) is 6.10 Å². The first kappa shape index (κ1) is 12.0. The van der Waals surface area contributed by atoms with Crippen molar-refractivity contribution in [1.82, 2.24) is 9.80 Å². The maximum atomic E-state index is 9.53. The van der Waals surface area contributed by atoms with Crippen molar-refractivity contribution in [3.8, 4) is 0 Å². The van der Waals surface area contributed by atoms with Gasteiger partial charge in [-0.2, -0.15) is 0 Å². The zero-order chi connectivity index (χ0) is 10.6. The topological polar surface area (TPSA) is 26.7 Å². The zero-order valence-corrected chi connectivity index (χ0v) is 9.74. The Labute approximate surface area is 87.7 Å². The summed E-state index contributed by atoms with van der Waals surface area (Å²) in [5.41, 5.74) is 0. The lowest BCUT2D eigenvalue weighted by atomic mass is 10.0. The van der Waals surface area contributed by atoms with Crippen LogP contribution in [0.4, 0.5) is 0 Å². The van der Waals surface area contributed by atoms with Gasteiger partial charge >= 0.3 is 0 Å². The molecule has 1 saturated heterocycles. The van der Waals surface area contributed by atoms with Crippen LogP contribution < -0.4 is 0 Å². The lowest BCUT2D eigenvalue weighted by Crippen LogP contribution is -2.44. The molecule has 1 aliphatic heterocycles. The van der Waals surface area contributed by atoms with Gasteiger partial charge in [-0.25, -0.2) is 0 Å². The van der Waals surface area contributed by atoms with Gasteiger partial charge in [-0.1, -0.05) is 6.92 Å². The van der Waals surface area contributed by atoms with Gasteiger partial charge in [-0.15, -0.1) is 0 Å². The van der Waals surface area contributed by atoms with Gasteiger partial charge in [0, 0.05) is 12.6 Å². The minimum atomic E-state index is -0.133. The fourth-order valence-corrected chi connectivity index (χ4v) is 2.05. The molecule has 0 aromatic rings. The van der Waals surface area contributed by atoms with Gasteiger partial charge in [0.15, 0.2) is 0 Å². The Kier molecular flexibility index (Phi) is 4.85. The molecule has 0 aromatic carbocycles. The Morgan fingerprint density at radius 2 is 1.93 bits per heavy atom. The van der Waals surface area contributed by atoms with E-state index < -0.39 is 0 Å². The Morgan fingerprint density at radius 1 is 1.36 bits per heavy atom. The normalized spacial score (nSPS) is 22.9. The minimum Gasteiger partial charge on any atom is -0.392 e. The molecular formula is C11H24N2O. The number of aliphatic hydroxyl groups excluding tert-OH is 1.